The van der Waals surface area contributed by atoms with Gasteiger partial charge in [-0.2, -0.15) is 5.26 Å². The highest BCUT2D eigenvalue weighted by Crippen LogP contribution is 2.14. The number of rotatable bonds is 4. The van der Waals surface area contributed by atoms with Crippen molar-refractivity contribution >= 4 is 28.3 Å². The molecule has 0 unspecified atom stereocenters. The van der Waals surface area contributed by atoms with E-state index in [9.17, 15) is 8.42 Å². The molecule has 3 N–H and O–H groups in total. The van der Waals surface area contributed by atoms with Crippen LogP contribution < -0.4 is 10.2 Å². The minimum absolute atomic E-state index is 0.172. The van der Waals surface area contributed by atoms with Crippen LogP contribution in [0.25, 0.3) is 0 Å². The van der Waals surface area contributed by atoms with E-state index in [1.807, 2.05) is 0 Å². The minimum atomic E-state index is -3.72. The summed E-state index contributed by atoms with van der Waals surface area (Å²) < 4.78 is 25.0. The predicted octanol–water partition coefficient (Wildman–Crippen LogP) is -1.06. The standard InChI is InChI=1S/C9H11BN2O4S/c1-7-2-3-8(10(13)14)6-9(7)12-17(15,16)5-4-11/h2-3,6,12-14H,5H2,1H3. The summed E-state index contributed by atoms with van der Waals surface area (Å²) >= 11 is 0. The molecule has 0 fully saturated rings. The molecule has 1 aromatic rings. The monoisotopic (exact) mass is 254 g/mol. The molecule has 17 heavy (non-hydrogen) atoms. The maximum atomic E-state index is 11.4. The summed E-state index contributed by atoms with van der Waals surface area (Å²) in [5, 5.41) is 26.3. The Morgan fingerprint density at radius 2 is 2.12 bits per heavy atom. The van der Waals surface area contributed by atoms with E-state index in [1.54, 1.807) is 13.0 Å². The molecule has 1 rings (SSSR count). The SMILES string of the molecule is Cc1ccc(B(O)O)cc1NS(=O)(=O)CC#N. The molecule has 6 nitrogen and oxygen atoms in total. The average molecular weight is 254 g/mol. The second-order valence-electron chi connectivity index (χ2n) is 3.47. The van der Waals surface area contributed by atoms with Gasteiger partial charge in [-0.05, 0) is 24.0 Å². The number of nitrogens with zero attached hydrogens (tertiary/aromatic N) is 1. The van der Waals surface area contributed by atoms with E-state index in [-0.39, 0.29) is 11.2 Å². The first-order valence-electron chi connectivity index (χ1n) is 4.70. The Labute approximate surface area is 99.7 Å². The first-order valence-corrected chi connectivity index (χ1v) is 6.35. The van der Waals surface area contributed by atoms with Crippen LogP contribution in [0.5, 0.6) is 0 Å². The quantitative estimate of drug-likeness (QED) is 0.593. The van der Waals surface area contributed by atoms with E-state index in [0.717, 1.165) is 0 Å². The van der Waals surface area contributed by atoms with Gasteiger partial charge in [0.25, 0.3) is 0 Å². The van der Waals surface area contributed by atoms with Gasteiger partial charge in [0.1, 0.15) is 0 Å². The van der Waals surface area contributed by atoms with E-state index in [4.69, 9.17) is 15.3 Å². The molecular formula is C9H11BN2O4S. The molecule has 0 aliphatic rings. The molecule has 0 aliphatic heterocycles. The Bertz CT molecular complexity index is 551. The van der Waals surface area contributed by atoms with E-state index in [0.29, 0.717) is 5.56 Å². The predicted molar refractivity (Wildman–Crippen MR) is 64.0 cm³/mol. The Kier molecular flexibility index (Phi) is 4.12. The van der Waals surface area contributed by atoms with Gasteiger partial charge in [-0.1, -0.05) is 12.1 Å². The first-order chi connectivity index (χ1) is 7.85. The van der Waals surface area contributed by atoms with E-state index >= 15 is 0 Å². The number of hydrogen-bond acceptors (Lipinski definition) is 5. The van der Waals surface area contributed by atoms with Crippen LogP contribution in [-0.4, -0.2) is 31.3 Å². The fraction of sp³-hybridized carbons (Fsp3) is 0.222. The number of hydrogen-bond donors (Lipinski definition) is 3. The molecule has 0 bridgehead atoms. The highest BCUT2D eigenvalue weighted by molar-refractivity contribution is 7.92. The maximum Gasteiger partial charge on any atom is 0.488 e. The molecule has 1 aromatic carbocycles. The van der Waals surface area contributed by atoms with Gasteiger partial charge in [0.15, 0.2) is 5.75 Å². The van der Waals surface area contributed by atoms with Crippen LogP contribution in [0.4, 0.5) is 5.69 Å². The fourth-order valence-electron chi connectivity index (χ4n) is 1.20. The second-order valence-corrected chi connectivity index (χ2v) is 5.19. The molecule has 0 spiro atoms. The van der Waals surface area contributed by atoms with Crippen molar-refractivity contribution in [2.45, 2.75) is 6.92 Å². The summed E-state index contributed by atoms with van der Waals surface area (Å²) in [4.78, 5) is 0. The average Bonchev–Trinajstić information content (AvgIpc) is 2.20. The third-order valence-corrected chi connectivity index (χ3v) is 3.12. The number of nitrogens with one attached hydrogen (secondary N) is 1. The molecule has 8 heteroatoms. The fourth-order valence-corrected chi connectivity index (χ4v) is 2.00. The molecule has 0 heterocycles. The van der Waals surface area contributed by atoms with Gasteiger partial charge in [-0.15, -0.1) is 0 Å². The zero-order chi connectivity index (χ0) is 13.1. The zero-order valence-electron chi connectivity index (χ0n) is 9.08. The number of anilines is 1. The summed E-state index contributed by atoms with van der Waals surface area (Å²) in [6, 6.07) is 5.88. The Balaban J connectivity index is 3.07. The summed E-state index contributed by atoms with van der Waals surface area (Å²) in [5.41, 5.74) is 1.02. The van der Waals surface area contributed by atoms with E-state index in [1.165, 1.54) is 18.2 Å². The van der Waals surface area contributed by atoms with Gasteiger partial charge in [0, 0.05) is 0 Å². The van der Waals surface area contributed by atoms with Crippen molar-refractivity contribution in [2.24, 2.45) is 0 Å². The van der Waals surface area contributed by atoms with Crippen LogP contribution in [0, 0.1) is 18.3 Å². The number of nitriles is 1. The van der Waals surface area contributed by atoms with Crippen LogP contribution in [0.15, 0.2) is 18.2 Å². The summed E-state index contributed by atoms with van der Waals surface area (Å²) in [6.45, 7) is 1.66. The van der Waals surface area contributed by atoms with Crippen molar-refractivity contribution in [1.29, 1.82) is 5.26 Å². The van der Waals surface area contributed by atoms with E-state index in [2.05, 4.69) is 4.72 Å². The van der Waals surface area contributed by atoms with Crippen molar-refractivity contribution in [3.63, 3.8) is 0 Å². The second kappa shape index (κ2) is 5.18. The lowest BCUT2D eigenvalue weighted by Gasteiger charge is -2.10. The Morgan fingerprint density at radius 1 is 1.47 bits per heavy atom. The lowest BCUT2D eigenvalue weighted by atomic mass is 9.80. The van der Waals surface area contributed by atoms with Crippen molar-refractivity contribution < 1.29 is 18.5 Å². The van der Waals surface area contributed by atoms with Gasteiger partial charge >= 0.3 is 7.12 Å². The van der Waals surface area contributed by atoms with Crippen molar-refractivity contribution in [1.82, 2.24) is 0 Å². The zero-order valence-corrected chi connectivity index (χ0v) is 9.90. The number of benzene rings is 1. The van der Waals surface area contributed by atoms with Crippen LogP contribution in [0.1, 0.15) is 5.56 Å². The highest BCUT2D eigenvalue weighted by atomic mass is 32.2. The van der Waals surface area contributed by atoms with Gasteiger partial charge < -0.3 is 10.0 Å². The normalized spacial score (nSPS) is 10.7. The lowest BCUT2D eigenvalue weighted by molar-refractivity contribution is 0.426. The number of aryl methyl sites for hydroxylation is 1. The smallest absolute Gasteiger partial charge is 0.423 e. The molecule has 0 amide bonds. The molecule has 0 saturated heterocycles. The summed E-state index contributed by atoms with van der Waals surface area (Å²) in [6.07, 6.45) is 0. The van der Waals surface area contributed by atoms with Gasteiger partial charge in [0.2, 0.25) is 10.0 Å². The summed E-state index contributed by atoms with van der Waals surface area (Å²) in [7, 11) is -5.40. The van der Waals surface area contributed by atoms with Gasteiger partial charge in [-0.3, -0.25) is 4.72 Å². The first kappa shape index (κ1) is 13.5. The molecule has 0 atom stereocenters. The third-order valence-electron chi connectivity index (χ3n) is 2.08. The van der Waals surface area contributed by atoms with Crippen molar-refractivity contribution in [2.75, 3.05) is 10.5 Å². The minimum Gasteiger partial charge on any atom is -0.423 e. The van der Waals surface area contributed by atoms with Crippen LogP contribution in [-0.2, 0) is 10.0 Å². The van der Waals surface area contributed by atoms with Crippen LogP contribution >= 0.6 is 0 Å². The van der Waals surface area contributed by atoms with Gasteiger partial charge in [0.05, 0.1) is 11.8 Å². The Morgan fingerprint density at radius 3 is 2.65 bits per heavy atom. The topological polar surface area (TPSA) is 110 Å². The van der Waals surface area contributed by atoms with E-state index < -0.39 is 22.9 Å². The molecular weight excluding hydrogens is 243 g/mol. The maximum absolute atomic E-state index is 11.4. The largest absolute Gasteiger partial charge is 0.488 e. The van der Waals surface area contributed by atoms with Gasteiger partial charge in [-0.25, -0.2) is 8.42 Å². The van der Waals surface area contributed by atoms with Crippen molar-refractivity contribution in [3.8, 4) is 6.07 Å². The van der Waals surface area contributed by atoms with Crippen LogP contribution in [0.2, 0.25) is 0 Å². The third kappa shape index (κ3) is 3.74. The molecule has 90 valence electrons. The Hall–Kier alpha value is -1.56. The summed E-state index contributed by atoms with van der Waals surface area (Å²) in [5.74, 6) is -0.654. The van der Waals surface area contributed by atoms with Crippen molar-refractivity contribution in [3.05, 3.63) is 23.8 Å². The lowest BCUT2D eigenvalue weighted by Crippen LogP contribution is -2.30. The van der Waals surface area contributed by atoms with Crippen LogP contribution in [0.3, 0.4) is 0 Å². The molecule has 0 aromatic heterocycles. The molecule has 0 aliphatic carbocycles. The molecule has 0 saturated carbocycles. The highest BCUT2D eigenvalue weighted by Gasteiger charge is 2.15. The number of sulfonamides is 1. The molecule has 0 radical (unpaired) electrons.